The maximum absolute atomic E-state index is 13.0. The summed E-state index contributed by atoms with van der Waals surface area (Å²) in [6, 6.07) is 11.8. The van der Waals surface area contributed by atoms with Crippen molar-refractivity contribution in [3.63, 3.8) is 0 Å². The number of carbonyl (C=O) groups excluding carboxylic acids is 2. The minimum absolute atomic E-state index is 0.237. The summed E-state index contributed by atoms with van der Waals surface area (Å²) in [5.41, 5.74) is 2.13. The number of aromatic nitrogens is 1. The molecule has 0 saturated heterocycles. The third-order valence-corrected chi connectivity index (χ3v) is 4.86. The Balaban J connectivity index is 2.06. The summed E-state index contributed by atoms with van der Waals surface area (Å²) in [5.74, 6) is -0.853. The summed E-state index contributed by atoms with van der Waals surface area (Å²) in [7, 11) is 0. The van der Waals surface area contributed by atoms with E-state index in [1.165, 1.54) is 4.57 Å². The highest BCUT2D eigenvalue weighted by molar-refractivity contribution is 6.54. The summed E-state index contributed by atoms with van der Waals surface area (Å²) in [4.78, 5) is 23.5. The van der Waals surface area contributed by atoms with E-state index < -0.39 is 10.7 Å². The van der Waals surface area contributed by atoms with Gasteiger partial charge in [-0.25, -0.2) is 0 Å². The van der Waals surface area contributed by atoms with Gasteiger partial charge in [-0.2, -0.15) is 0 Å². The minimum atomic E-state index is -1.17. The van der Waals surface area contributed by atoms with Crippen molar-refractivity contribution < 1.29 is 9.59 Å². The van der Waals surface area contributed by atoms with Crippen molar-refractivity contribution in [2.75, 3.05) is 5.32 Å². The molecule has 1 aromatic heterocycles. The van der Waals surface area contributed by atoms with Crippen molar-refractivity contribution >= 4 is 74.8 Å². The highest BCUT2D eigenvalue weighted by atomic mass is 35.5. The van der Waals surface area contributed by atoms with Crippen LogP contribution >= 0.6 is 46.4 Å². The van der Waals surface area contributed by atoms with Crippen LogP contribution in [0.2, 0.25) is 10.0 Å². The van der Waals surface area contributed by atoms with E-state index in [1.54, 1.807) is 43.3 Å². The number of aryl methyl sites for hydroxylation is 1. The summed E-state index contributed by atoms with van der Waals surface area (Å²) in [6.07, 6.45) is 0. The molecule has 0 aliphatic rings. The first-order valence-electron chi connectivity index (χ1n) is 7.49. The molecule has 26 heavy (non-hydrogen) atoms. The molecule has 0 atom stereocenters. The maximum atomic E-state index is 13.0. The molecule has 0 saturated carbocycles. The van der Waals surface area contributed by atoms with Crippen LogP contribution in [0, 0.1) is 6.92 Å². The number of alkyl halides is 2. The third-order valence-electron chi connectivity index (χ3n) is 3.83. The Kier molecular flexibility index (Phi) is 5.49. The number of fused-ring (bicyclic) bond motifs is 1. The number of benzene rings is 2. The number of rotatable bonds is 3. The number of nitrogens with one attached hydrogen (secondary N) is 1. The molecule has 0 radical (unpaired) electrons. The molecule has 1 heterocycles. The molecular weight excluding hydrogens is 418 g/mol. The van der Waals surface area contributed by atoms with Gasteiger partial charge in [0.05, 0.1) is 21.1 Å². The van der Waals surface area contributed by atoms with E-state index >= 15 is 0 Å². The molecular formula is C18H12Cl4N2O2. The molecule has 1 amide bonds. The number of hydrogen-bond donors (Lipinski definition) is 1. The summed E-state index contributed by atoms with van der Waals surface area (Å²) >= 11 is 23.4. The molecule has 4 nitrogen and oxygen atoms in total. The lowest BCUT2D eigenvalue weighted by atomic mass is 10.2. The second-order valence-corrected chi connectivity index (χ2v) is 7.50. The molecule has 2 aromatic carbocycles. The van der Waals surface area contributed by atoms with Crippen LogP contribution in [0.15, 0.2) is 42.5 Å². The van der Waals surface area contributed by atoms with E-state index in [9.17, 15) is 9.59 Å². The van der Waals surface area contributed by atoms with Gasteiger partial charge in [0.2, 0.25) is 0 Å². The zero-order valence-electron chi connectivity index (χ0n) is 13.4. The van der Waals surface area contributed by atoms with E-state index in [4.69, 9.17) is 46.4 Å². The predicted octanol–water partition coefficient (Wildman–Crippen LogP) is 5.69. The average Bonchev–Trinajstić information content (AvgIpc) is 2.89. The molecule has 8 heteroatoms. The second-order valence-electron chi connectivity index (χ2n) is 5.59. The van der Waals surface area contributed by atoms with Crippen LogP contribution in [0.25, 0.3) is 10.9 Å². The second kappa shape index (κ2) is 7.49. The fourth-order valence-corrected chi connectivity index (χ4v) is 3.38. The molecule has 0 unspecified atom stereocenters. The molecule has 0 spiro atoms. The molecule has 3 rings (SSSR count). The Bertz CT molecular complexity index is 1010. The van der Waals surface area contributed by atoms with Gasteiger partial charge in [-0.05, 0) is 43.3 Å². The summed E-state index contributed by atoms with van der Waals surface area (Å²) in [6.45, 7) is 1.80. The number of hydrogen-bond acceptors (Lipinski definition) is 2. The molecule has 134 valence electrons. The number of amides is 1. The number of anilines is 1. The van der Waals surface area contributed by atoms with Crippen molar-refractivity contribution in [1.29, 1.82) is 0 Å². The first-order valence-corrected chi connectivity index (χ1v) is 9.12. The summed E-state index contributed by atoms with van der Waals surface area (Å²) < 4.78 is 1.53. The Morgan fingerprint density at radius 2 is 1.69 bits per heavy atom. The van der Waals surface area contributed by atoms with Gasteiger partial charge >= 0.3 is 0 Å². The molecule has 1 N–H and O–H groups in total. The van der Waals surface area contributed by atoms with Crippen LogP contribution in [0.1, 0.15) is 16.1 Å². The average molecular weight is 430 g/mol. The molecule has 0 aliphatic carbocycles. The van der Waals surface area contributed by atoms with Crippen LogP contribution in [0.4, 0.5) is 5.69 Å². The van der Waals surface area contributed by atoms with Crippen molar-refractivity contribution in [3.8, 4) is 0 Å². The number of halogens is 4. The van der Waals surface area contributed by atoms with Gasteiger partial charge < -0.3 is 5.32 Å². The van der Waals surface area contributed by atoms with Gasteiger partial charge in [0.25, 0.3) is 11.8 Å². The van der Waals surface area contributed by atoms with Gasteiger partial charge in [0.15, 0.2) is 4.84 Å². The topological polar surface area (TPSA) is 51.1 Å². The maximum Gasteiger partial charge on any atom is 0.265 e. The van der Waals surface area contributed by atoms with E-state index in [1.807, 2.05) is 6.07 Å². The van der Waals surface area contributed by atoms with Gasteiger partial charge in [-0.15, -0.1) is 0 Å². The lowest BCUT2D eigenvalue weighted by Gasteiger charge is -2.11. The standard InChI is InChI=1S/C18H12Cl4N2O2/c1-9-7-10-8-11(23-17(25)16(21)22)5-6-14(10)24(9)18(26)15-12(19)3-2-4-13(15)20/h2-8,16H,1H3,(H,23,25). The summed E-state index contributed by atoms with van der Waals surface area (Å²) in [5, 5.41) is 3.92. The van der Waals surface area contributed by atoms with Crippen LogP contribution in [0.3, 0.4) is 0 Å². The first kappa shape index (κ1) is 19.1. The fourth-order valence-electron chi connectivity index (χ4n) is 2.71. The number of carbonyl (C=O) groups is 2. The highest BCUT2D eigenvalue weighted by Crippen LogP contribution is 2.29. The van der Waals surface area contributed by atoms with Crippen molar-refractivity contribution in [3.05, 3.63) is 63.8 Å². The third kappa shape index (κ3) is 3.55. The monoisotopic (exact) mass is 428 g/mol. The minimum Gasteiger partial charge on any atom is -0.324 e. The molecule has 3 aromatic rings. The van der Waals surface area contributed by atoms with Crippen molar-refractivity contribution in [2.24, 2.45) is 0 Å². The smallest absolute Gasteiger partial charge is 0.265 e. The van der Waals surface area contributed by atoms with E-state index in [-0.39, 0.29) is 21.5 Å². The van der Waals surface area contributed by atoms with Crippen LogP contribution < -0.4 is 5.32 Å². The molecule has 0 aliphatic heterocycles. The Morgan fingerprint density at radius 3 is 2.31 bits per heavy atom. The Morgan fingerprint density at radius 1 is 1.04 bits per heavy atom. The zero-order chi connectivity index (χ0) is 19.0. The van der Waals surface area contributed by atoms with Crippen LogP contribution in [0.5, 0.6) is 0 Å². The first-order chi connectivity index (χ1) is 12.3. The lowest BCUT2D eigenvalue weighted by molar-refractivity contribution is -0.114. The quantitative estimate of drug-likeness (QED) is 0.544. The van der Waals surface area contributed by atoms with Gasteiger partial charge in [0.1, 0.15) is 0 Å². The Hall–Kier alpha value is -1.72. The zero-order valence-corrected chi connectivity index (χ0v) is 16.4. The largest absolute Gasteiger partial charge is 0.324 e. The van der Waals surface area contributed by atoms with E-state index in [0.717, 1.165) is 5.39 Å². The Labute approximate surface area is 169 Å². The SMILES string of the molecule is Cc1cc2cc(NC(=O)C(Cl)Cl)ccc2n1C(=O)c1c(Cl)cccc1Cl. The lowest BCUT2D eigenvalue weighted by Crippen LogP contribution is -2.18. The number of nitrogens with zero attached hydrogens (tertiary/aromatic N) is 1. The van der Waals surface area contributed by atoms with Crippen molar-refractivity contribution in [2.45, 2.75) is 11.8 Å². The van der Waals surface area contributed by atoms with E-state index in [2.05, 4.69) is 5.32 Å². The molecule has 0 fully saturated rings. The van der Waals surface area contributed by atoms with Gasteiger partial charge in [-0.3, -0.25) is 14.2 Å². The van der Waals surface area contributed by atoms with E-state index in [0.29, 0.717) is 16.9 Å². The molecule has 0 bridgehead atoms. The van der Waals surface area contributed by atoms with Crippen molar-refractivity contribution in [1.82, 2.24) is 4.57 Å². The fraction of sp³-hybridized carbons (Fsp3) is 0.111. The van der Waals surface area contributed by atoms with Crippen LogP contribution in [-0.2, 0) is 4.79 Å². The highest BCUT2D eigenvalue weighted by Gasteiger charge is 2.20. The van der Waals surface area contributed by atoms with Gasteiger partial charge in [0, 0.05) is 16.8 Å². The van der Waals surface area contributed by atoms with Crippen LogP contribution in [-0.4, -0.2) is 21.2 Å². The normalized spacial score (nSPS) is 11.2. The van der Waals surface area contributed by atoms with Gasteiger partial charge in [-0.1, -0.05) is 52.5 Å². The predicted molar refractivity (Wildman–Crippen MR) is 107 cm³/mol.